The Balaban J connectivity index is 1.85. The first kappa shape index (κ1) is 16.5. The molecule has 0 aliphatic carbocycles. The molecule has 1 aromatic heterocycles. The Morgan fingerprint density at radius 1 is 1.12 bits per heavy atom. The number of aryl methyl sites for hydroxylation is 1. The van der Waals surface area contributed by atoms with Crippen LogP contribution in [-0.2, 0) is 4.74 Å². The van der Waals surface area contributed by atoms with Crippen molar-refractivity contribution in [2.24, 2.45) is 0 Å². The van der Waals surface area contributed by atoms with Gasteiger partial charge in [-0.3, -0.25) is 9.89 Å². The molecule has 132 valence electrons. The van der Waals surface area contributed by atoms with Crippen LogP contribution in [0.2, 0.25) is 0 Å². The molecule has 3 aromatic rings. The number of carbonyl (C=O) groups is 1. The molecule has 5 nitrogen and oxygen atoms in total. The van der Waals surface area contributed by atoms with Crippen LogP contribution in [-0.4, -0.2) is 41.3 Å². The maximum atomic E-state index is 13.0. The summed E-state index contributed by atoms with van der Waals surface area (Å²) in [5.41, 5.74) is 5.63. The molecule has 1 aliphatic rings. The van der Waals surface area contributed by atoms with E-state index in [9.17, 15) is 4.79 Å². The smallest absolute Gasteiger partial charge is 0.273 e. The van der Waals surface area contributed by atoms with Crippen molar-refractivity contribution in [1.82, 2.24) is 15.1 Å². The molecule has 4 rings (SSSR count). The third-order valence-electron chi connectivity index (χ3n) is 4.84. The van der Waals surface area contributed by atoms with Crippen LogP contribution in [0.5, 0.6) is 0 Å². The largest absolute Gasteiger partial charge is 0.383 e. The molecule has 1 amide bonds. The zero-order chi connectivity index (χ0) is 18.1. The van der Waals surface area contributed by atoms with Crippen molar-refractivity contribution in [2.45, 2.75) is 13.0 Å². The summed E-state index contributed by atoms with van der Waals surface area (Å²) in [6.45, 7) is 3.08. The van der Waals surface area contributed by atoms with Crippen LogP contribution in [0.4, 0.5) is 0 Å². The SMILES string of the molecule is COCCN1C(=O)c2[nH]nc(-c3ccc(C)cc3)c2C1c1ccccc1. The minimum atomic E-state index is -0.163. The third kappa shape index (κ3) is 2.70. The Bertz CT molecular complexity index is 916. The van der Waals surface area contributed by atoms with Gasteiger partial charge in [0.2, 0.25) is 0 Å². The maximum absolute atomic E-state index is 13.0. The number of nitrogens with one attached hydrogen (secondary N) is 1. The van der Waals surface area contributed by atoms with Crippen LogP contribution in [0.1, 0.15) is 33.2 Å². The van der Waals surface area contributed by atoms with E-state index in [-0.39, 0.29) is 11.9 Å². The van der Waals surface area contributed by atoms with Crippen molar-refractivity contribution in [3.05, 3.63) is 77.0 Å². The number of methoxy groups -OCH3 is 1. The maximum Gasteiger partial charge on any atom is 0.273 e. The highest BCUT2D eigenvalue weighted by Crippen LogP contribution is 2.42. The molecule has 0 bridgehead atoms. The Labute approximate surface area is 152 Å². The second-order valence-corrected chi connectivity index (χ2v) is 6.53. The molecule has 1 N–H and O–H groups in total. The number of H-pyrrole nitrogens is 1. The fraction of sp³-hybridized carbons (Fsp3) is 0.238. The average molecular weight is 347 g/mol. The summed E-state index contributed by atoms with van der Waals surface area (Å²) >= 11 is 0. The first-order valence-electron chi connectivity index (χ1n) is 8.71. The van der Waals surface area contributed by atoms with Gasteiger partial charge in [-0.2, -0.15) is 5.10 Å². The van der Waals surface area contributed by atoms with Gasteiger partial charge in [-0.15, -0.1) is 0 Å². The van der Waals surface area contributed by atoms with Gasteiger partial charge < -0.3 is 9.64 Å². The number of aromatic nitrogens is 2. The molecule has 1 atom stereocenters. The second-order valence-electron chi connectivity index (χ2n) is 6.53. The van der Waals surface area contributed by atoms with Crippen LogP contribution in [0.3, 0.4) is 0 Å². The molecular weight excluding hydrogens is 326 g/mol. The minimum Gasteiger partial charge on any atom is -0.383 e. The van der Waals surface area contributed by atoms with E-state index in [2.05, 4.69) is 53.5 Å². The quantitative estimate of drug-likeness (QED) is 0.767. The lowest BCUT2D eigenvalue weighted by Crippen LogP contribution is -2.32. The second kappa shape index (κ2) is 6.77. The third-order valence-corrected chi connectivity index (χ3v) is 4.84. The van der Waals surface area contributed by atoms with Crippen LogP contribution < -0.4 is 0 Å². The van der Waals surface area contributed by atoms with Crippen molar-refractivity contribution < 1.29 is 9.53 Å². The predicted molar refractivity (Wildman–Crippen MR) is 100.0 cm³/mol. The van der Waals surface area contributed by atoms with Crippen molar-refractivity contribution in [3.63, 3.8) is 0 Å². The topological polar surface area (TPSA) is 58.2 Å². The number of hydrogen-bond donors (Lipinski definition) is 1. The number of hydrogen-bond acceptors (Lipinski definition) is 3. The monoisotopic (exact) mass is 347 g/mol. The van der Waals surface area contributed by atoms with E-state index in [0.29, 0.717) is 18.8 Å². The summed E-state index contributed by atoms with van der Waals surface area (Å²) in [5.74, 6) is -0.0308. The van der Waals surface area contributed by atoms with Gasteiger partial charge in [0, 0.05) is 24.8 Å². The minimum absolute atomic E-state index is 0.0308. The molecule has 2 heterocycles. The highest BCUT2D eigenvalue weighted by Gasteiger charge is 2.41. The number of nitrogens with zero attached hydrogens (tertiary/aromatic N) is 2. The number of fused-ring (bicyclic) bond motifs is 1. The van der Waals surface area contributed by atoms with Gasteiger partial charge in [0.25, 0.3) is 5.91 Å². The summed E-state index contributed by atoms with van der Waals surface area (Å²) in [5, 5.41) is 7.45. The lowest BCUT2D eigenvalue weighted by Gasteiger charge is -2.26. The lowest BCUT2D eigenvalue weighted by molar-refractivity contribution is 0.0677. The summed E-state index contributed by atoms with van der Waals surface area (Å²) < 4.78 is 5.22. The van der Waals surface area contributed by atoms with E-state index < -0.39 is 0 Å². The zero-order valence-electron chi connectivity index (χ0n) is 14.9. The van der Waals surface area contributed by atoms with E-state index in [1.54, 1.807) is 7.11 Å². The normalized spacial score (nSPS) is 16.2. The van der Waals surface area contributed by atoms with Gasteiger partial charge in [-0.1, -0.05) is 60.2 Å². The standard InChI is InChI=1S/C21H21N3O2/c1-14-8-10-15(11-9-14)18-17-19(23-22-18)21(25)24(12-13-26-2)20(17)16-6-4-3-5-7-16/h3-11,20H,12-13H2,1-2H3,(H,22,23). The predicted octanol–water partition coefficient (Wildman–Crippen LogP) is 3.58. The van der Waals surface area contributed by atoms with Crippen molar-refractivity contribution in [1.29, 1.82) is 0 Å². The molecule has 0 saturated carbocycles. The lowest BCUT2D eigenvalue weighted by atomic mass is 9.96. The van der Waals surface area contributed by atoms with Gasteiger partial charge in [-0.25, -0.2) is 0 Å². The average Bonchev–Trinajstić information content (AvgIpc) is 3.21. The molecule has 2 aromatic carbocycles. The van der Waals surface area contributed by atoms with Crippen LogP contribution in [0.15, 0.2) is 54.6 Å². The Hall–Kier alpha value is -2.92. The first-order chi connectivity index (χ1) is 12.7. The van der Waals surface area contributed by atoms with E-state index in [0.717, 1.165) is 22.4 Å². The van der Waals surface area contributed by atoms with E-state index in [1.165, 1.54) is 5.56 Å². The van der Waals surface area contributed by atoms with E-state index in [4.69, 9.17) is 4.74 Å². The molecule has 0 saturated heterocycles. The Kier molecular flexibility index (Phi) is 4.31. The molecule has 5 heteroatoms. The number of amides is 1. The number of benzene rings is 2. The first-order valence-corrected chi connectivity index (χ1v) is 8.71. The fourth-order valence-electron chi connectivity index (χ4n) is 3.53. The molecule has 26 heavy (non-hydrogen) atoms. The molecule has 1 aliphatic heterocycles. The van der Waals surface area contributed by atoms with Gasteiger partial charge in [0.15, 0.2) is 0 Å². The van der Waals surface area contributed by atoms with Crippen molar-refractivity contribution >= 4 is 5.91 Å². The van der Waals surface area contributed by atoms with Gasteiger partial charge in [0.1, 0.15) is 5.69 Å². The van der Waals surface area contributed by atoms with Crippen LogP contribution in [0.25, 0.3) is 11.3 Å². The van der Waals surface area contributed by atoms with Gasteiger partial charge >= 0.3 is 0 Å². The molecular formula is C21H21N3O2. The van der Waals surface area contributed by atoms with Gasteiger partial charge in [0.05, 0.1) is 18.3 Å². The summed E-state index contributed by atoms with van der Waals surface area (Å²) in [6.07, 6.45) is 0. The number of carbonyl (C=O) groups excluding carboxylic acids is 1. The molecule has 1 unspecified atom stereocenters. The van der Waals surface area contributed by atoms with Crippen molar-refractivity contribution in [3.8, 4) is 11.3 Å². The number of ether oxygens (including phenoxy) is 1. The molecule has 0 radical (unpaired) electrons. The Morgan fingerprint density at radius 3 is 2.54 bits per heavy atom. The van der Waals surface area contributed by atoms with E-state index in [1.807, 2.05) is 23.1 Å². The highest BCUT2D eigenvalue weighted by atomic mass is 16.5. The fourth-order valence-corrected chi connectivity index (χ4v) is 3.53. The number of aromatic amines is 1. The Morgan fingerprint density at radius 2 is 1.85 bits per heavy atom. The molecule has 0 spiro atoms. The summed E-state index contributed by atoms with van der Waals surface area (Å²) in [7, 11) is 1.65. The summed E-state index contributed by atoms with van der Waals surface area (Å²) in [6, 6.07) is 18.2. The van der Waals surface area contributed by atoms with Crippen LogP contribution >= 0.6 is 0 Å². The molecule has 0 fully saturated rings. The van der Waals surface area contributed by atoms with Crippen molar-refractivity contribution in [2.75, 3.05) is 20.3 Å². The van der Waals surface area contributed by atoms with Crippen LogP contribution in [0, 0.1) is 6.92 Å². The van der Waals surface area contributed by atoms with E-state index >= 15 is 0 Å². The number of rotatable bonds is 5. The van der Waals surface area contributed by atoms with Gasteiger partial charge in [-0.05, 0) is 12.5 Å². The summed E-state index contributed by atoms with van der Waals surface area (Å²) in [4.78, 5) is 14.8. The highest BCUT2D eigenvalue weighted by molar-refractivity contribution is 6.00. The zero-order valence-corrected chi connectivity index (χ0v) is 14.9.